The maximum absolute atomic E-state index is 13.8. The Balaban J connectivity index is 1.67. The topological polar surface area (TPSA) is 78.5 Å². The molecule has 0 atom stereocenters. The first-order valence-corrected chi connectivity index (χ1v) is 8.33. The second kappa shape index (κ2) is 6.99. The maximum atomic E-state index is 13.8. The molecule has 0 aliphatic rings. The lowest BCUT2D eigenvalue weighted by atomic mass is 10.2. The summed E-state index contributed by atoms with van der Waals surface area (Å²) in [5.41, 5.74) is 1.54. The highest BCUT2D eigenvalue weighted by molar-refractivity contribution is 5.91. The van der Waals surface area contributed by atoms with Crippen molar-refractivity contribution in [3.05, 3.63) is 71.4 Å². The number of aromatic nitrogens is 4. The third-order valence-corrected chi connectivity index (χ3v) is 4.04. The van der Waals surface area contributed by atoms with Crippen LogP contribution in [0, 0.1) is 18.6 Å². The van der Waals surface area contributed by atoms with Crippen LogP contribution in [0.3, 0.4) is 0 Å². The van der Waals surface area contributed by atoms with Crippen LogP contribution in [-0.2, 0) is 6.54 Å². The van der Waals surface area contributed by atoms with E-state index in [-0.39, 0.29) is 18.1 Å². The predicted molar refractivity (Wildman–Crippen MR) is 99.8 cm³/mol. The van der Waals surface area contributed by atoms with E-state index in [2.05, 4.69) is 30.8 Å². The molecule has 3 N–H and O–H groups in total. The number of para-hydroxylation sites is 1. The Morgan fingerprint density at radius 2 is 1.78 bits per heavy atom. The van der Waals surface area contributed by atoms with Crippen LogP contribution in [0.15, 0.2) is 48.5 Å². The normalized spacial score (nSPS) is 10.9. The molecule has 0 saturated carbocycles. The Morgan fingerprint density at radius 1 is 1.00 bits per heavy atom. The van der Waals surface area contributed by atoms with Gasteiger partial charge in [0.15, 0.2) is 5.82 Å². The largest absolute Gasteiger partial charge is 0.350 e. The molecule has 2 aromatic carbocycles. The minimum atomic E-state index is -0.617. The van der Waals surface area contributed by atoms with E-state index in [4.69, 9.17) is 0 Å². The minimum absolute atomic E-state index is 0.0632. The van der Waals surface area contributed by atoms with Gasteiger partial charge in [0.25, 0.3) is 0 Å². The Hall–Kier alpha value is -3.55. The van der Waals surface area contributed by atoms with Crippen molar-refractivity contribution in [3.8, 4) is 0 Å². The Labute approximate surface area is 153 Å². The molecule has 2 heterocycles. The van der Waals surface area contributed by atoms with Gasteiger partial charge in [-0.3, -0.25) is 5.10 Å². The van der Waals surface area contributed by atoms with Crippen LogP contribution in [0.1, 0.15) is 11.3 Å². The molecule has 0 bridgehead atoms. The third kappa shape index (κ3) is 3.55. The molecular weight excluding hydrogens is 350 g/mol. The molecule has 4 aromatic rings. The van der Waals surface area contributed by atoms with Crippen LogP contribution in [-0.4, -0.2) is 20.2 Å². The zero-order valence-corrected chi connectivity index (χ0v) is 14.4. The predicted octanol–water partition coefficient (Wildman–Crippen LogP) is 4.30. The average molecular weight is 366 g/mol. The van der Waals surface area contributed by atoms with Crippen molar-refractivity contribution in [2.24, 2.45) is 0 Å². The third-order valence-electron chi connectivity index (χ3n) is 4.04. The fourth-order valence-electron chi connectivity index (χ4n) is 2.72. The highest BCUT2D eigenvalue weighted by Gasteiger charge is 2.12. The number of aryl methyl sites for hydroxylation is 1. The smallest absolute Gasteiger partial charge is 0.225 e. The average Bonchev–Trinajstić information content (AvgIpc) is 3.06. The van der Waals surface area contributed by atoms with Crippen molar-refractivity contribution in [2.45, 2.75) is 13.5 Å². The molecule has 0 fully saturated rings. The lowest BCUT2D eigenvalue weighted by Crippen LogP contribution is -2.08. The van der Waals surface area contributed by atoms with Crippen molar-refractivity contribution in [1.29, 1.82) is 0 Å². The van der Waals surface area contributed by atoms with Crippen LogP contribution in [0.25, 0.3) is 10.9 Å². The first kappa shape index (κ1) is 16.9. The fourth-order valence-corrected chi connectivity index (χ4v) is 2.72. The van der Waals surface area contributed by atoms with Gasteiger partial charge in [0, 0.05) is 29.3 Å². The highest BCUT2D eigenvalue weighted by atomic mass is 19.1. The summed E-state index contributed by atoms with van der Waals surface area (Å²) in [6.07, 6.45) is 0. The molecule has 136 valence electrons. The standard InChI is InChI=1S/C19H16F2N6/c1-11-9-17(27-26-11)24-18-12-5-2-3-8-16(12)23-19(25-18)22-10-13-14(20)6-4-7-15(13)21/h2-9H,10H2,1H3,(H3,22,23,24,25,26,27). The molecule has 0 amide bonds. The summed E-state index contributed by atoms with van der Waals surface area (Å²) in [7, 11) is 0. The number of hydrogen-bond acceptors (Lipinski definition) is 5. The number of hydrogen-bond donors (Lipinski definition) is 3. The first-order valence-electron chi connectivity index (χ1n) is 8.33. The summed E-state index contributed by atoms with van der Waals surface area (Å²) in [5, 5.41) is 13.9. The van der Waals surface area contributed by atoms with Gasteiger partial charge in [-0.05, 0) is 31.2 Å². The second-order valence-corrected chi connectivity index (χ2v) is 6.03. The second-order valence-electron chi connectivity index (χ2n) is 6.03. The molecule has 2 aromatic heterocycles. The quantitative estimate of drug-likeness (QED) is 0.491. The van der Waals surface area contributed by atoms with Gasteiger partial charge in [0.05, 0.1) is 5.52 Å². The van der Waals surface area contributed by atoms with E-state index < -0.39 is 11.6 Å². The maximum Gasteiger partial charge on any atom is 0.225 e. The van der Waals surface area contributed by atoms with Crippen molar-refractivity contribution in [3.63, 3.8) is 0 Å². The van der Waals surface area contributed by atoms with E-state index in [1.165, 1.54) is 18.2 Å². The summed E-state index contributed by atoms with van der Waals surface area (Å²) in [5.74, 6) is 0.180. The van der Waals surface area contributed by atoms with Gasteiger partial charge in [-0.15, -0.1) is 0 Å². The molecule has 0 unspecified atom stereocenters. The molecule has 8 heteroatoms. The van der Waals surface area contributed by atoms with E-state index in [1.54, 1.807) is 0 Å². The number of fused-ring (bicyclic) bond motifs is 1. The van der Waals surface area contributed by atoms with Crippen LogP contribution in [0.5, 0.6) is 0 Å². The van der Waals surface area contributed by atoms with E-state index in [0.29, 0.717) is 17.2 Å². The molecule has 0 aliphatic heterocycles. The zero-order chi connectivity index (χ0) is 18.8. The van der Waals surface area contributed by atoms with Gasteiger partial charge in [-0.2, -0.15) is 10.1 Å². The van der Waals surface area contributed by atoms with Crippen LogP contribution in [0.4, 0.5) is 26.4 Å². The number of aromatic amines is 1. The minimum Gasteiger partial charge on any atom is -0.350 e. The summed E-state index contributed by atoms with van der Waals surface area (Å²) in [6, 6.07) is 13.1. The van der Waals surface area contributed by atoms with Crippen LogP contribution in [0.2, 0.25) is 0 Å². The highest BCUT2D eigenvalue weighted by Crippen LogP contribution is 2.25. The van der Waals surface area contributed by atoms with E-state index in [1.807, 2.05) is 37.3 Å². The summed E-state index contributed by atoms with van der Waals surface area (Å²) in [6.45, 7) is 1.82. The number of nitrogens with zero attached hydrogens (tertiary/aromatic N) is 3. The molecule has 0 aliphatic carbocycles. The number of benzene rings is 2. The first-order chi connectivity index (χ1) is 13.1. The molecule has 0 radical (unpaired) electrons. The van der Waals surface area contributed by atoms with Crippen molar-refractivity contribution in [2.75, 3.05) is 10.6 Å². The molecule has 6 nitrogen and oxygen atoms in total. The van der Waals surface area contributed by atoms with Crippen LogP contribution >= 0.6 is 0 Å². The number of H-pyrrole nitrogens is 1. The van der Waals surface area contributed by atoms with Gasteiger partial charge in [-0.1, -0.05) is 18.2 Å². The molecular formula is C19H16F2N6. The van der Waals surface area contributed by atoms with Crippen molar-refractivity contribution < 1.29 is 8.78 Å². The monoisotopic (exact) mass is 366 g/mol. The molecule has 27 heavy (non-hydrogen) atoms. The summed E-state index contributed by atoms with van der Waals surface area (Å²) < 4.78 is 27.7. The van der Waals surface area contributed by atoms with E-state index in [9.17, 15) is 8.78 Å². The number of nitrogens with one attached hydrogen (secondary N) is 3. The Bertz CT molecular complexity index is 1090. The zero-order valence-electron chi connectivity index (χ0n) is 14.4. The van der Waals surface area contributed by atoms with Crippen molar-refractivity contribution >= 4 is 28.5 Å². The Morgan fingerprint density at radius 3 is 2.52 bits per heavy atom. The van der Waals surface area contributed by atoms with E-state index >= 15 is 0 Å². The van der Waals surface area contributed by atoms with Crippen LogP contribution < -0.4 is 10.6 Å². The number of anilines is 3. The summed E-state index contributed by atoms with van der Waals surface area (Å²) in [4.78, 5) is 8.87. The number of halogens is 2. The SMILES string of the molecule is Cc1cc(Nc2nc(NCc3c(F)cccc3F)nc3ccccc23)n[nH]1. The van der Waals surface area contributed by atoms with Gasteiger partial charge >= 0.3 is 0 Å². The summed E-state index contributed by atoms with van der Waals surface area (Å²) >= 11 is 0. The number of rotatable bonds is 5. The van der Waals surface area contributed by atoms with Crippen molar-refractivity contribution in [1.82, 2.24) is 20.2 Å². The molecule has 0 spiro atoms. The lowest BCUT2D eigenvalue weighted by molar-refractivity contribution is 0.559. The van der Waals surface area contributed by atoms with Gasteiger partial charge in [-0.25, -0.2) is 13.8 Å². The van der Waals surface area contributed by atoms with E-state index in [0.717, 1.165) is 11.1 Å². The lowest BCUT2D eigenvalue weighted by Gasteiger charge is -2.11. The Kier molecular flexibility index (Phi) is 4.37. The van der Waals surface area contributed by atoms with Gasteiger partial charge in [0.1, 0.15) is 17.5 Å². The molecule has 4 rings (SSSR count). The van der Waals surface area contributed by atoms with Gasteiger partial charge in [0.2, 0.25) is 5.95 Å². The molecule has 0 saturated heterocycles. The fraction of sp³-hybridized carbons (Fsp3) is 0.105. The van der Waals surface area contributed by atoms with Gasteiger partial charge < -0.3 is 10.6 Å².